The Labute approximate surface area is 119 Å². The Morgan fingerprint density at radius 3 is 2.35 bits per heavy atom. The third-order valence-corrected chi connectivity index (χ3v) is 3.11. The molecule has 0 radical (unpaired) electrons. The number of hydrogen-bond acceptors (Lipinski definition) is 2. The molecule has 0 aliphatic rings. The molecule has 1 amide bonds. The highest BCUT2D eigenvalue weighted by Crippen LogP contribution is 2.19. The smallest absolute Gasteiger partial charge is 0.262 e. The van der Waals surface area contributed by atoms with Crippen LogP contribution in [0.3, 0.4) is 0 Å². The van der Waals surface area contributed by atoms with Gasteiger partial charge in [0.25, 0.3) is 5.91 Å². The molecule has 20 heavy (non-hydrogen) atoms. The fourth-order valence-electron chi connectivity index (χ4n) is 2.04. The van der Waals surface area contributed by atoms with Gasteiger partial charge in [-0.3, -0.25) is 4.79 Å². The molecule has 0 aliphatic heterocycles. The monoisotopic (exact) mass is 269 g/mol. The standard InChI is InChI=1S/C17H19NO2/c1-12-6-4-9-15(10-12)20-11-16(19)18-17-13(2)7-5-8-14(17)3/h4-10H,11H2,1-3H3,(H,18,19). The van der Waals surface area contributed by atoms with E-state index in [0.29, 0.717) is 5.75 Å². The van der Waals surface area contributed by atoms with Crippen LogP contribution in [0.2, 0.25) is 0 Å². The summed E-state index contributed by atoms with van der Waals surface area (Å²) in [6.07, 6.45) is 0. The minimum Gasteiger partial charge on any atom is -0.484 e. The van der Waals surface area contributed by atoms with Gasteiger partial charge >= 0.3 is 0 Å². The Morgan fingerprint density at radius 1 is 1.05 bits per heavy atom. The normalized spacial score (nSPS) is 10.2. The predicted molar refractivity (Wildman–Crippen MR) is 81.2 cm³/mol. The van der Waals surface area contributed by atoms with Crippen molar-refractivity contribution in [2.75, 3.05) is 11.9 Å². The molecule has 2 aromatic rings. The molecule has 0 heterocycles. The first-order valence-corrected chi connectivity index (χ1v) is 6.62. The van der Waals surface area contributed by atoms with E-state index in [1.807, 2.05) is 63.2 Å². The van der Waals surface area contributed by atoms with Crippen molar-refractivity contribution in [1.29, 1.82) is 0 Å². The third-order valence-electron chi connectivity index (χ3n) is 3.11. The third kappa shape index (κ3) is 3.60. The number of rotatable bonds is 4. The number of carbonyl (C=O) groups excluding carboxylic acids is 1. The fraction of sp³-hybridized carbons (Fsp3) is 0.235. The molecule has 104 valence electrons. The summed E-state index contributed by atoms with van der Waals surface area (Å²) < 4.78 is 5.49. The summed E-state index contributed by atoms with van der Waals surface area (Å²) in [6.45, 7) is 5.95. The number of anilines is 1. The Kier molecular flexibility index (Phi) is 4.41. The van der Waals surface area contributed by atoms with Crippen LogP contribution in [-0.2, 0) is 4.79 Å². The van der Waals surface area contributed by atoms with Gasteiger partial charge in [-0.1, -0.05) is 30.3 Å². The molecular formula is C17H19NO2. The molecular weight excluding hydrogens is 250 g/mol. The van der Waals surface area contributed by atoms with E-state index in [1.54, 1.807) is 0 Å². The van der Waals surface area contributed by atoms with E-state index in [0.717, 1.165) is 22.4 Å². The molecule has 0 fully saturated rings. The number of amides is 1. The Morgan fingerprint density at radius 2 is 1.70 bits per heavy atom. The topological polar surface area (TPSA) is 38.3 Å². The van der Waals surface area contributed by atoms with Gasteiger partial charge < -0.3 is 10.1 Å². The van der Waals surface area contributed by atoms with Crippen molar-refractivity contribution >= 4 is 11.6 Å². The lowest BCUT2D eigenvalue weighted by Gasteiger charge is -2.12. The second-order valence-corrected chi connectivity index (χ2v) is 4.92. The van der Waals surface area contributed by atoms with Gasteiger partial charge in [0.1, 0.15) is 5.75 Å². The summed E-state index contributed by atoms with van der Waals surface area (Å²) in [5.41, 5.74) is 4.07. The highest BCUT2D eigenvalue weighted by atomic mass is 16.5. The van der Waals surface area contributed by atoms with Crippen LogP contribution in [0.25, 0.3) is 0 Å². The number of aryl methyl sites for hydroxylation is 3. The number of carbonyl (C=O) groups is 1. The van der Waals surface area contributed by atoms with Crippen LogP contribution >= 0.6 is 0 Å². The molecule has 1 N–H and O–H groups in total. The quantitative estimate of drug-likeness (QED) is 0.920. The minimum absolute atomic E-state index is 0.0111. The summed E-state index contributed by atoms with van der Waals surface area (Å²) >= 11 is 0. The molecule has 3 heteroatoms. The fourth-order valence-corrected chi connectivity index (χ4v) is 2.04. The van der Waals surface area contributed by atoms with Crippen molar-refractivity contribution in [3.05, 3.63) is 59.2 Å². The van der Waals surface area contributed by atoms with E-state index in [1.165, 1.54) is 0 Å². The van der Waals surface area contributed by atoms with Gasteiger partial charge in [0, 0.05) is 5.69 Å². The molecule has 0 atom stereocenters. The van der Waals surface area contributed by atoms with Crippen molar-refractivity contribution in [1.82, 2.24) is 0 Å². The van der Waals surface area contributed by atoms with Gasteiger partial charge in [0.05, 0.1) is 0 Å². The zero-order chi connectivity index (χ0) is 14.5. The SMILES string of the molecule is Cc1cccc(OCC(=O)Nc2c(C)cccc2C)c1. The molecule has 2 aromatic carbocycles. The zero-order valence-electron chi connectivity index (χ0n) is 12.1. The molecule has 0 aliphatic carbocycles. The van der Waals surface area contributed by atoms with Crippen molar-refractivity contribution in [3.8, 4) is 5.75 Å². The van der Waals surface area contributed by atoms with Gasteiger partial charge in [-0.15, -0.1) is 0 Å². The average Bonchev–Trinajstić information content (AvgIpc) is 2.41. The molecule has 0 bridgehead atoms. The molecule has 0 spiro atoms. The zero-order valence-corrected chi connectivity index (χ0v) is 12.1. The summed E-state index contributed by atoms with van der Waals surface area (Å²) in [5, 5.41) is 2.90. The van der Waals surface area contributed by atoms with Crippen molar-refractivity contribution < 1.29 is 9.53 Å². The maximum atomic E-state index is 11.9. The number of hydrogen-bond donors (Lipinski definition) is 1. The lowest BCUT2D eigenvalue weighted by atomic mass is 10.1. The maximum absolute atomic E-state index is 11.9. The average molecular weight is 269 g/mol. The van der Waals surface area contributed by atoms with E-state index >= 15 is 0 Å². The van der Waals surface area contributed by atoms with E-state index in [4.69, 9.17) is 4.74 Å². The Hall–Kier alpha value is -2.29. The molecule has 2 rings (SSSR count). The molecule has 0 aromatic heterocycles. The highest BCUT2D eigenvalue weighted by Gasteiger charge is 2.07. The largest absolute Gasteiger partial charge is 0.484 e. The molecule has 0 unspecified atom stereocenters. The predicted octanol–water partition coefficient (Wildman–Crippen LogP) is 3.63. The summed E-state index contributed by atoms with van der Waals surface area (Å²) in [6, 6.07) is 13.6. The van der Waals surface area contributed by atoms with Gasteiger partial charge in [-0.2, -0.15) is 0 Å². The lowest BCUT2D eigenvalue weighted by Crippen LogP contribution is -2.21. The van der Waals surface area contributed by atoms with Crippen LogP contribution in [0.4, 0.5) is 5.69 Å². The first-order valence-electron chi connectivity index (χ1n) is 6.62. The minimum atomic E-state index is -0.149. The second-order valence-electron chi connectivity index (χ2n) is 4.92. The van der Waals surface area contributed by atoms with Crippen LogP contribution in [-0.4, -0.2) is 12.5 Å². The van der Waals surface area contributed by atoms with Gasteiger partial charge in [0.15, 0.2) is 6.61 Å². The van der Waals surface area contributed by atoms with Gasteiger partial charge in [-0.05, 0) is 49.6 Å². The highest BCUT2D eigenvalue weighted by molar-refractivity contribution is 5.93. The molecule has 0 saturated carbocycles. The van der Waals surface area contributed by atoms with Crippen molar-refractivity contribution in [3.63, 3.8) is 0 Å². The number of benzene rings is 2. The molecule has 0 saturated heterocycles. The Balaban J connectivity index is 1.96. The summed E-state index contributed by atoms with van der Waals surface area (Å²) in [5.74, 6) is 0.561. The van der Waals surface area contributed by atoms with Crippen molar-refractivity contribution in [2.24, 2.45) is 0 Å². The number of para-hydroxylation sites is 1. The van der Waals surface area contributed by atoms with E-state index in [-0.39, 0.29) is 12.5 Å². The first-order chi connectivity index (χ1) is 9.56. The molecule has 3 nitrogen and oxygen atoms in total. The van der Waals surface area contributed by atoms with E-state index < -0.39 is 0 Å². The number of ether oxygens (including phenoxy) is 1. The maximum Gasteiger partial charge on any atom is 0.262 e. The van der Waals surface area contributed by atoms with Crippen LogP contribution < -0.4 is 10.1 Å². The van der Waals surface area contributed by atoms with Crippen LogP contribution in [0.1, 0.15) is 16.7 Å². The van der Waals surface area contributed by atoms with Crippen LogP contribution in [0.5, 0.6) is 5.75 Å². The van der Waals surface area contributed by atoms with E-state index in [2.05, 4.69) is 5.32 Å². The Bertz CT molecular complexity index is 600. The van der Waals surface area contributed by atoms with Gasteiger partial charge in [-0.25, -0.2) is 0 Å². The van der Waals surface area contributed by atoms with Crippen LogP contribution in [0.15, 0.2) is 42.5 Å². The van der Waals surface area contributed by atoms with E-state index in [9.17, 15) is 4.79 Å². The van der Waals surface area contributed by atoms with Crippen LogP contribution in [0, 0.1) is 20.8 Å². The lowest BCUT2D eigenvalue weighted by molar-refractivity contribution is -0.118. The van der Waals surface area contributed by atoms with Gasteiger partial charge in [0.2, 0.25) is 0 Å². The van der Waals surface area contributed by atoms with Crippen molar-refractivity contribution in [2.45, 2.75) is 20.8 Å². The summed E-state index contributed by atoms with van der Waals surface area (Å²) in [7, 11) is 0. The second kappa shape index (κ2) is 6.24. The first kappa shape index (κ1) is 14.1. The number of nitrogens with one attached hydrogen (secondary N) is 1. The summed E-state index contributed by atoms with van der Waals surface area (Å²) in [4.78, 5) is 11.9.